The Morgan fingerprint density at radius 3 is 2.18 bits per heavy atom. The average Bonchev–Trinajstić information content (AvgIpc) is 3.04. The smallest absolute Gasteiger partial charge is 0.119 e. The van der Waals surface area contributed by atoms with Crippen molar-refractivity contribution in [3.05, 3.63) is 72.1 Å². The highest BCUT2D eigenvalue weighted by atomic mass is 16.5. The second-order valence-corrected chi connectivity index (χ2v) is 5.80. The maximum atomic E-state index is 5.67. The van der Waals surface area contributed by atoms with Crippen LogP contribution in [0.2, 0.25) is 0 Å². The summed E-state index contributed by atoms with van der Waals surface area (Å²) in [4.78, 5) is 2.18. The van der Waals surface area contributed by atoms with Gasteiger partial charge in [0.2, 0.25) is 0 Å². The minimum Gasteiger partial charge on any atom is -0.491 e. The Hall–Kier alpha value is -2.42. The molecular weight excluding hydrogens is 272 g/mol. The third-order valence-corrected chi connectivity index (χ3v) is 3.61. The molecular formula is C19H22N2O. The highest BCUT2D eigenvalue weighted by Crippen LogP contribution is 2.20. The molecule has 1 N–H and O–H groups in total. The van der Waals surface area contributed by atoms with Gasteiger partial charge in [0.15, 0.2) is 0 Å². The molecule has 0 unspecified atom stereocenters. The zero-order valence-corrected chi connectivity index (χ0v) is 13.1. The van der Waals surface area contributed by atoms with E-state index >= 15 is 0 Å². The van der Waals surface area contributed by atoms with Gasteiger partial charge in [-0.25, -0.2) is 0 Å². The quantitative estimate of drug-likeness (QED) is 0.905. The first kappa shape index (κ1) is 14.5. The molecule has 114 valence electrons. The second kappa shape index (κ2) is 6.56. The van der Waals surface area contributed by atoms with Gasteiger partial charge in [0.25, 0.3) is 0 Å². The topological polar surface area (TPSA) is 24.5 Å². The fourth-order valence-electron chi connectivity index (χ4n) is 2.52. The molecule has 0 radical (unpaired) electrons. The van der Waals surface area contributed by atoms with Crippen LogP contribution >= 0.6 is 0 Å². The zero-order valence-electron chi connectivity index (χ0n) is 13.1. The Morgan fingerprint density at radius 1 is 1.00 bits per heavy atom. The van der Waals surface area contributed by atoms with E-state index in [1.165, 1.54) is 16.8 Å². The zero-order chi connectivity index (χ0) is 15.4. The van der Waals surface area contributed by atoms with Crippen molar-refractivity contribution < 1.29 is 4.74 Å². The molecule has 1 heterocycles. The van der Waals surface area contributed by atoms with Gasteiger partial charge in [0.05, 0.1) is 12.8 Å². The Bertz CT molecular complexity index is 629. The summed E-state index contributed by atoms with van der Waals surface area (Å²) in [7, 11) is 0. The van der Waals surface area contributed by atoms with E-state index in [4.69, 9.17) is 4.74 Å². The summed E-state index contributed by atoms with van der Waals surface area (Å²) in [6.45, 7) is 4.93. The second-order valence-electron chi connectivity index (χ2n) is 5.80. The Balaban J connectivity index is 1.64. The van der Waals surface area contributed by atoms with Crippen molar-refractivity contribution >= 4 is 5.69 Å². The SMILES string of the molecule is CC(C)Oc1ccc(Cc2ccc(N3C=CNC3)cc2)cc1. The van der Waals surface area contributed by atoms with Crippen molar-refractivity contribution in [3.8, 4) is 5.75 Å². The molecule has 0 saturated carbocycles. The molecule has 3 rings (SSSR count). The van der Waals surface area contributed by atoms with Gasteiger partial charge in [-0.1, -0.05) is 24.3 Å². The van der Waals surface area contributed by atoms with Crippen LogP contribution in [0.4, 0.5) is 5.69 Å². The monoisotopic (exact) mass is 294 g/mol. The van der Waals surface area contributed by atoms with Crippen molar-refractivity contribution in [2.75, 3.05) is 11.6 Å². The van der Waals surface area contributed by atoms with Gasteiger partial charge in [-0.2, -0.15) is 0 Å². The van der Waals surface area contributed by atoms with E-state index in [0.717, 1.165) is 18.8 Å². The van der Waals surface area contributed by atoms with E-state index in [9.17, 15) is 0 Å². The molecule has 0 saturated heterocycles. The molecule has 0 bridgehead atoms. The number of nitrogens with zero attached hydrogens (tertiary/aromatic N) is 1. The van der Waals surface area contributed by atoms with E-state index in [0.29, 0.717) is 0 Å². The average molecular weight is 294 g/mol. The lowest BCUT2D eigenvalue weighted by Crippen LogP contribution is -2.19. The number of anilines is 1. The van der Waals surface area contributed by atoms with Crippen LogP contribution in [0.5, 0.6) is 5.75 Å². The lowest BCUT2D eigenvalue weighted by molar-refractivity contribution is 0.242. The van der Waals surface area contributed by atoms with E-state index in [1.54, 1.807) is 0 Å². The van der Waals surface area contributed by atoms with Crippen LogP contribution in [-0.4, -0.2) is 12.8 Å². The molecule has 0 fully saturated rings. The normalized spacial score (nSPS) is 13.5. The largest absolute Gasteiger partial charge is 0.491 e. The summed E-state index contributed by atoms with van der Waals surface area (Å²) in [5, 5.41) is 3.18. The van der Waals surface area contributed by atoms with Crippen LogP contribution in [0, 0.1) is 0 Å². The van der Waals surface area contributed by atoms with Gasteiger partial charge in [-0.05, 0) is 55.7 Å². The Kier molecular flexibility index (Phi) is 4.33. The van der Waals surface area contributed by atoms with Crippen molar-refractivity contribution in [1.29, 1.82) is 0 Å². The van der Waals surface area contributed by atoms with Gasteiger partial charge in [0.1, 0.15) is 5.75 Å². The van der Waals surface area contributed by atoms with Gasteiger partial charge < -0.3 is 15.0 Å². The number of rotatable bonds is 5. The molecule has 1 aliphatic heterocycles. The maximum absolute atomic E-state index is 5.67. The Morgan fingerprint density at radius 2 is 1.64 bits per heavy atom. The third-order valence-electron chi connectivity index (χ3n) is 3.61. The molecule has 22 heavy (non-hydrogen) atoms. The molecule has 2 aromatic rings. The van der Waals surface area contributed by atoms with E-state index in [2.05, 4.69) is 52.8 Å². The van der Waals surface area contributed by atoms with Crippen LogP contribution in [-0.2, 0) is 6.42 Å². The Labute approximate surface area is 132 Å². The fraction of sp³-hybridized carbons (Fsp3) is 0.263. The van der Waals surface area contributed by atoms with Crippen LogP contribution in [0.1, 0.15) is 25.0 Å². The standard InChI is InChI=1S/C19H22N2O/c1-15(2)22-19-9-5-17(6-10-19)13-16-3-7-18(8-4-16)21-12-11-20-14-21/h3-12,15,20H,13-14H2,1-2H3. The lowest BCUT2D eigenvalue weighted by atomic mass is 10.0. The summed E-state index contributed by atoms with van der Waals surface area (Å²) in [5.74, 6) is 0.933. The van der Waals surface area contributed by atoms with E-state index < -0.39 is 0 Å². The van der Waals surface area contributed by atoms with Crippen LogP contribution < -0.4 is 15.0 Å². The molecule has 0 amide bonds. The number of nitrogens with one attached hydrogen (secondary N) is 1. The molecule has 2 aromatic carbocycles. The molecule has 0 atom stereocenters. The number of ether oxygens (including phenoxy) is 1. The van der Waals surface area contributed by atoms with Crippen LogP contribution in [0.3, 0.4) is 0 Å². The summed E-state index contributed by atoms with van der Waals surface area (Å²) in [6.07, 6.45) is 5.18. The highest BCUT2D eigenvalue weighted by molar-refractivity contribution is 5.51. The minimum atomic E-state index is 0.215. The van der Waals surface area contributed by atoms with Crippen molar-refractivity contribution in [2.24, 2.45) is 0 Å². The first-order chi connectivity index (χ1) is 10.7. The third kappa shape index (κ3) is 3.61. The summed E-state index contributed by atoms with van der Waals surface area (Å²) < 4.78 is 5.67. The fourth-order valence-corrected chi connectivity index (χ4v) is 2.52. The first-order valence-electron chi connectivity index (χ1n) is 7.72. The van der Waals surface area contributed by atoms with Gasteiger partial charge in [-0.15, -0.1) is 0 Å². The van der Waals surface area contributed by atoms with Crippen molar-refractivity contribution in [3.63, 3.8) is 0 Å². The van der Waals surface area contributed by atoms with Gasteiger partial charge in [-0.3, -0.25) is 0 Å². The van der Waals surface area contributed by atoms with Crippen LogP contribution in [0.25, 0.3) is 0 Å². The maximum Gasteiger partial charge on any atom is 0.119 e. The molecule has 0 aromatic heterocycles. The van der Waals surface area contributed by atoms with E-state index in [1.807, 2.05) is 32.2 Å². The first-order valence-corrected chi connectivity index (χ1v) is 7.72. The number of hydrogen-bond donors (Lipinski definition) is 1. The number of benzene rings is 2. The summed E-state index contributed by atoms with van der Waals surface area (Å²) in [5.41, 5.74) is 3.83. The molecule has 1 aliphatic rings. The van der Waals surface area contributed by atoms with E-state index in [-0.39, 0.29) is 6.10 Å². The highest BCUT2D eigenvalue weighted by Gasteiger charge is 2.06. The molecule has 3 nitrogen and oxygen atoms in total. The lowest BCUT2D eigenvalue weighted by Gasteiger charge is -2.15. The van der Waals surface area contributed by atoms with Gasteiger partial charge in [0, 0.05) is 18.1 Å². The van der Waals surface area contributed by atoms with Crippen molar-refractivity contribution in [2.45, 2.75) is 26.4 Å². The predicted molar refractivity (Wildman–Crippen MR) is 91.1 cm³/mol. The molecule has 0 aliphatic carbocycles. The summed E-state index contributed by atoms with van der Waals surface area (Å²) >= 11 is 0. The van der Waals surface area contributed by atoms with Crippen LogP contribution in [0.15, 0.2) is 60.9 Å². The van der Waals surface area contributed by atoms with Gasteiger partial charge >= 0.3 is 0 Å². The predicted octanol–water partition coefficient (Wildman–Crippen LogP) is 3.90. The molecule has 0 spiro atoms. The molecule has 3 heteroatoms. The summed E-state index contributed by atoms with van der Waals surface area (Å²) in [6, 6.07) is 17.1. The minimum absolute atomic E-state index is 0.215. The number of hydrogen-bond acceptors (Lipinski definition) is 3. The van der Waals surface area contributed by atoms with Crippen molar-refractivity contribution in [1.82, 2.24) is 5.32 Å².